The Balaban J connectivity index is 2.21. The maximum Gasteiger partial charge on any atom is 0.238 e. The summed E-state index contributed by atoms with van der Waals surface area (Å²) in [6.07, 6.45) is 1.95. The maximum absolute atomic E-state index is 11.3. The van der Waals surface area contributed by atoms with Crippen molar-refractivity contribution < 1.29 is 13.5 Å². The van der Waals surface area contributed by atoms with Crippen molar-refractivity contribution in [3.63, 3.8) is 0 Å². The van der Waals surface area contributed by atoms with E-state index in [1.165, 1.54) is 6.07 Å². The number of aliphatic hydroxyl groups excluding tert-OH is 1. The molecule has 0 unspecified atom stereocenters. The molecule has 1 aromatic rings. The van der Waals surface area contributed by atoms with E-state index in [9.17, 15) is 13.5 Å². The standard InChI is InChI=1S/C11H15NO3S/c12-16(14,15)11-4-2-1-3-9(11)5-8-6-10(13)7-8/h1-4,8,10,13H,5-7H2,(H2,12,14,15). The van der Waals surface area contributed by atoms with Crippen LogP contribution in [0.2, 0.25) is 0 Å². The van der Waals surface area contributed by atoms with E-state index < -0.39 is 10.0 Å². The second-order valence-electron chi connectivity index (χ2n) is 4.35. The molecule has 0 aliphatic heterocycles. The number of hydrogen-bond donors (Lipinski definition) is 2. The molecule has 0 bridgehead atoms. The summed E-state index contributed by atoms with van der Waals surface area (Å²) in [6, 6.07) is 6.78. The molecular weight excluding hydrogens is 226 g/mol. The zero-order chi connectivity index (χ0) is 11.8. The fourth-order valence-electron chi connectivity index (χ4n) is 2.13. The van der Waals surface area contributed by atoms with Crippen molar-refractivity contribution in [1.29, 1.82) is 0 Å². The van der Waals surface area contributed by atoms with Crippen molar-refractivity contribution in [3.05, 3.63) is 29.8 Å². The van der Waals surface area contributed by atoms with Crippen LogP contribution in [0.4, 0.5) is 0 Å². The van der Waals surface area contributed by atoms with Gasteiger partial charge in [-0.1, -0.05) is 18.2 Å². The molecule has 1 aromatic carbocycles. The predicted octanol–water partition coefficient (Wildman–Crippen LogP) is 0.647. The van der Waals surface area contributed by atoms with Crippen molar-refractivity contribution in [2.24, 2.45) is 11.1 Å². The number of nitrogens with two attached hydrogens (primary N) is 1. The number of primary sulfonamides is 1. The number of sulfonamides is 1. The van der Waals surface area contributed by atoms with Gasteiger partial charge in [-0.05, 0) is 36.8 Å². The highest BCUT2D eigenvalue weighted by Gasteiger charge is 2.28. The van der Waals surface area contributed by atoms with E-state index in [-0.39, 0.29) is 11.0 Å². The minimum atomic E-state index is -3.64. The van der Waals surface area contributed by atoms with Crippen molar-refractivity contribution in [2.75, 3.05) is 0 Å². The lowest BCUT2D eigenvalue weighted by molar-refractivity contribution is 0.0430. The summed E-state index contributed by atoms with van der Waals surface area (Å²) in [5.74, 6) is 0.373. The lowest BCUT2D eigenvalue weighted by atomic mass is 9.78. The van der Waals surface area contributed by atoms with Gasteiger partial charge in [0.2, 0.25) is 10.0 Å². The summed E-state index contributed by atoms with van der Waals surface area (Å²) >= 11 is 0. The van der Waals surface area contributed by atoms with Crippen LogP contribution in [0.3, 0.4) is 0 Å². The second-order valence-corrected chi connectivity index (χ2v) is 5.88. The first-order valence-corrected chi connectivity index (χ1v) is 6.80. The van der Waals surface area contributed by atoms with Gasteiger partial charge < -0.3 is 5.11 Å². The van der Waals surface area contributed by atoms with Crippen LogP contribution in [0, 0.1) is 5.92 Å². The number of hydrogen-bond acceptors (Lipinski definition) is 3. The molecule has 0 radical (unpaired) electrons. The third-order valence-corrected chi connectivity index (χ3v) is 4.01. The van der Waals surface area contributed by atoms with Crippen molar-refractivity contribution >= 4 is 10.0 Å². The normalized spacial score (nSPS) is 25.1. The molecule has 0 saturated heterocycles. The van der Waals surface area contributed by atoms with Crippen LogP contribution in [-0.2, 0) is 16.4 Å². The Morgan fingerprint density at radius 1 is 1.31 bits per heavy atom. The molecule has 0 atom stereocenters. The molecule has 0 aromatic heterocycles. The highest BCUT2D eigenvalue weighted by molar-refractivity contribution is 7.89. The first-order chi connectivity index (χ1) is 7.47. The lowest BCUT2D eigenvalue weighted by Gasteiger charge is -2.31. The smallest absolute Gasteiger partial charge is 0.238 e. The van der Waals surface area contributed by atoms with Gasteiger partial charge in [0.25, 0.3) is 0 Å². The van der Waals surface area contributed by atoms with Gasteiger partial charge in [0.05, 0.1) is 11.0 Å². The highest BCUT2D eigenvalue weighted by Crippen LogP contribution is 2.31. The van der Waals surface area contributed by atoms with Crippen LogP contribution < -0.4 is 5.14 Å². The predicted molar refractivity (Wildman–Crippen MR) is 60.3 cm³/mol. The molecule has 0 spiro atoms. The molecule has 2 rings (SSSR count). The van der Waals surface area contributed by atoms with Gasteiger partial charge in [-0.15, -0.1) is 0 Å². The Morgan fingerprint density at radius 2 is 1.94 bits per heavy atom. The Kier molecular flexibility index (Phi) is 3.01. The van der Waals surface area contributed by atoms with Gasteiger partial charge in [-0.25, -0.2) is 13.6 Å². The summed E-state index contributed by atoms with van der Waals surface area (Å²) in [6.45, 7) is 0. The molecule has 1 aliphatic rings. The third-order valence-electron chi connectivity index (χ3n) is 3.00. The van der Waals surface area contributed by atoms with Crippen LogP contribution in [0.5, 0.6) is 0 Å². The largest absolute Gasteiger partial charge is 0.393 e. The van der Waals surface area contributed by atoms with E-state index in [4.69, 9.17) is 5.14 Å². The van der Waals surface area contributed by atoms with Crippen LogP contribution in [0.1, 0.15) is 18.4 Å². The molecule has 0 amide bonds. The average molecular weight is 241 g/mol. The Morgan fingerprint density at radius 3 is 2.50 bits per heavy atom. The number of rotatable bonds is 3. The molecule has 0 heterocycles. The van der Waals surface area contributed by atoms with Gasteiger partial charge in [0, 0.05) is 0 Å². The Hall–Kier alpha value is -0.910. The van der Waals surface area contributed by atoms with Gasteiger partial charge in [-0.2, -0.15) is 0 Å². The number of benzene rings is 1. The van der Waals surface area contributed by atoms with Gasteiger partial charge in [0.1, 0.15) is 0 Å². The minimum Gasteiger partial charge on any atom is -0.393 e. The molecule has 88 valence electrons. The zero-order valence-corrected chi connectivity index (χ0v) is 9.65. The fourth-order valence-corrected chi connectivity index (χ4v) is 2.91. The van der Waals surface area contributed by atoms with E-state index >= 15 is 0 Å². The Labute approximate surface area is 95.1 Å². The topological polar surface area (TPSA) is 80.4 Å². The Bertz CT molecular complexity index is 478. The molecule has 1 saturated carbocycles. The molecule has 4 nitrogen and oxygen atoms in total. The molecule has 3 N–H and O–H groups in total. The molecule has 1 aliphatic carbocycles. The summed E-state index contributed by atoms with van der Waals surface area (Å²) in [5, 5.41) is 14.3. The molecular formula is C11H15NO3S. The quantitative estimate of drug-likeness (QED) is 0.815. The third kappa shape index (κ3) is 2.42. The summed E-state index contributed by atoms with van der Waals surface area (Å²) in [5.41, 5.74) is 0.752. The average Bonchev–Trinajstić information content (AvgIpc) is 2.14. The van der Waals surface area contributed by atoms with Crippen LogP contribution in [-0.4, -0.2) is 19.6 Å². The van der Waals surface area contributed by atoms with Crippen molar-refractivity contribution in [1.82, 2.24) is 0 Å². The van der Waals surface area contributed by atoms with Gasteiger partial charge in [-0.3, -0.25) is 0 Å². The number of aliphatic hydroxyl groups is 1. The van der Waals surface area contributed by atoms with Crippen LogP contribution in [0.15, 0.2) is 29.2 Å². The van der Waals surface area contributed by atoms with E-state index in [2.05, 4.69) is 0 Å². The molecule has 5 heteroatoms. The lowest BCUT2D eigenvalue weighted by Crippen LogP contribution is -2.30. The zero-order valence-electron chi connectivity index (χ0n) is 8.83. The van der Waals surface area contributed by atoms with Gasteiger partial charge in [0.15, 0.2) is 0 Å². The van der Waals surface area contributed by atoms with E-state index in [1.807, 2.05) is 0 Å². The molecule has 1 fully saturated rings. The van der Waals surface area contributed by atoms with E-state index in [0.717, 1.165) is 18.4 Å². The molecule has 16 heavy (non-hydrogen) atoms. The highest BCUT2D eigenvalue weighted by atomic mass is 32.2. The first kappa shape index (κ1) is 11.6. The monoisotopic (exact) mass is 241 g/mol. The van der Waals surface area contributed by atoms with E-state index in [0.29, 0.717) is 12.3 Å². The van der Waals surface area contributed by atoms with Crippen molar-refractivity contribution in [3.8, 4) is 0 Å². The second kappa shape index (κ2) is 4.16. The minimum absolute atomic E-state index is 0.205. The fraction of sp³-hybridized carbons (Fsp3) is 0.455. The summed E-state index contributed by atoms with van der Waals surface area (Å²) < 4.78 is 22.7. The van der Waals surface area contributed by atoms with Crippen LogP contribution >= 0.6 is 0 Å². The van der Waals surface area contributed by atoms with Crippen LogP contribution in [0.25, 0.3) is 0 Å². The van der Waals surface area contributed by atoms with Crippen molar-refractivity contribution in [2.45, 2.75) is 30.3 Å². The van der Waals surface area contributed by atoms with E-state index in [1.54, 1.807) is 18.2 Å². The maximum atomic E-state index is 11.3. The summed E-state index contributed by atoms with van der Waals surface area (Å²) in [4.78, 5) is 0.205. The summed E-state index contributed by atoms with van der Waals surface area (Å²) in [7, 11) is -3.64. The van der Waals surface area contributed by atoms with Gasteiger partial charge >= 0.3 is 0 Å². The first-order valence-electron chi connectivity index (χ1n) is 5.25. The SMILES string of the molecule is NS(=O)(=O)c1ccccc1CC1CC(O)C1.